The van der Waals surface area contributed by atoms with Gasteiger partial charge in [0.05, 0.1) is 12.7 Å². The van der Waals surface area contributed by atoms with Gasteiger partial charge < -0.3 is 15.4 Å². The Hall–Kier alpha value is -0.610. The zero-order valence-electron chi connectivity index (χ0n) is 11.1. The summed E-state index contributed by atoms with van der Waals surface area (Å²) in [6.07, 6.45) is 5.10. The van der Waals surface area contributed by atoms with Crippen LogP contribution in [0.4, 0.5) is 0 Å². The van der Waals surface area contributed by atoms with Crippen LogP contribution in [0, 0.1) is 0 Å². The van der Waals surface area contributed by atoms with Gasteiger partial charge >= 0.3 is 0 Å². The highest BCUT2D eigenvalue weighted by Gasteiger charge is 2.13. The Balaban J connectivity index is 2.03. The molecule has 100 valence electrons. The summed E-state index contributed by atoms with van der Waals surface area (Å²) in [5.74, 6) is 0.111. The van der Waals surface area contributed by atoms with Crippen molar-refractivity contribution in [2.45, 2.75) is 58.1 Å². The van der Waals surface area contributed by atoms with E-state index in [0.717, 1.165) is 38.8 Å². The van der Waals surface area contributed by atoms with Crippen LogP contribution in [0.15, 0.2) is 0 Å². The summed E-state index contributed by atoms with van der Waals surface area (Å²) in [6, 6.07) is 0.284. The monoisotopic (exact) mass is 242 g/mol. The number of carbonyl (C=O) groups is 1. The van der Waals surface area contributed by atoms with E-state index in [-0.39, 0.29) is 11.9 Å². The lowest BCUT2D eigenvalue weighted by Crippen LogP contribution is -2.35. The number of piperidine rings is 1. The predicted octanol–water partition coefficient (Wildman–Crippen LogP) is 1.45. The largest absolute Gasteiger partial charge is 0.378 e. The van der Waals surface area contributed by atoms with E-state index < -0.39 is 0 Å². The summed E-state index contributed by atoms with van der Waals surface area (Å²) in [7, 11) is 0. The molecule has 0 bridgehead atoms. The van der Waals surface area contributed by atoms with Crippen LogP contribution in [0.5, 0.6) is 0 Å². The maximum atomic E-state index is 11.6. The second-order valence-electron chi connectivity index (χ2n) is 4.83. The van der Waals surface area contributed by atoms with Crippen molar-refractivity contribution in [2.24, 2.45) is 0 Å². The van der Waals surface area contributed by atoms with Crippen molar-refractivity contribution in [3.63, 3.8) is 0 Å². The smallest absolute Gasteiger partial charge is 0.222 e. The quantitative estimate of drug-likeness (QED) is 0.710. The summed E-state index contributed by atoms with van der Waals surface area (Å²) in [5.41, 5.74) is 0. The van der Waals surface area contributed by atoms with Crippen molar-refractivity contribution < 1.29 is 9.53 Å². The molecule has 2 N–H and O–H groups in total. The van der Waals surface area contributed by atoms with E-state index >= 15 is 0 Å². The first kappa shape index (κ1) is 14.5. The molecule has 0 aromatic rings. The molecule has 1 fully saturated rings. The van der Waals surface area contributed by atoms with Crippen molar-refractivity contribution in [1.29, 1.82) is 0 Å². The van der Waals surface area contributed by atoms with Gasteiger partial charge in [0, 0.05) is 12.5 Å². The van der Waals surface area contributed by atoms with Crippen LogP contribution in [0.1, 0.15) is 46.0 Å². The fourth-order valence-corrected chi connectivity index (χ4v) is 2.13. The van der Waals surface area contributed by atoms with Gasteiger partial charge in [-0.05, 0) is 39.3 Å². The molecular formula is C13H26N2O2. The van der Waals surface area contributed by atoms with Crippen LogP contribution in [0.3, 0.4) is 0 Å². The van der Waals surface area contributed by atoms with Crippen LogP contribution in [0.25, 0.3) is 0 Å². The van der Waals surface area contributed by atoms with E-state index in [9.17, 15) is 4.79 Å². The molecule has 17 heavy (non-hydrogen) atoms. The normalized spacial score (nSPS) is 18.9. The van der Waals surface area contributed by atoms with E-state index in [1.807, 2.05) is 0 Å². The Bertz CT molecular complexity index is 215. The fraction of sp³-hybridized carbons (Fsp3) is 0.923. The summed E-state index contributed by atoms with van der Waals surface area (Å²) in [6.45, 7) is 6.79. The number of hydrogen-bond donors (Lipinski definition) is 2. The predicted molar refractivity (Wildman–Crippen MR) is 69.0 cm³/mol. The molecule has 4 heteroatoms. The average Bonchev–Trinajstić information content (AvgIpc) is 2.30. The second kappa shape index (κ2) is 8.48. The van der Waals surface area contributed by atoms with Crippen molar-refractivity contribution in [1.82, 2.24) is 10.6 Å². The van der Waals surface area contributed by atoms with Crippen LogP contribution < -0.4 is 10.6 Å². The Kier molecular flexibility index (Phi) is 7.21. The summed E-state index contributed by atoms with van der Waals surface area (Å²) >= 11 is 0. The lowest BCUT2D eigenvalue weighted by molar-refractivity contribution is -0.123. The van der Waals surface area contributed by atoms with Gasteiger partial charge in [0.2, 0.25) is 5.91 Å². The lowest BCUT2D eigenvalue weighted by Gasteiger charge is -2.23. The Labute approximate surface area is 104 Å². The van der Waals surface area contributed by atoms with Crippen LogP contribution in [-0.4, -0.2) is 37.7 Å². The lowest BCUT2D eigenvalue weighted by atomic mass is 10.1. The molecule has 1 heterocycles. The van der Waals surface area contributed by atoms with Crippen molar-refractivity contribution in [2.75, 3.05) is 19.7 Å². The molecule has 4 nitrogen and oxygen atoms in total. The van der Waals surface area contributed by atoms with Crippen LogP contribution in [0.2, 0.25) is 0 Å². The molecule has 0 radical (unpaired) electrons. The van der Waals surface area contributed by atoms with Gasteiger partial charge in [0.1, 0.15) is 0 Å². The van der Waals surface area contributed by atoms with Crippen LogP contribution in [-0.2, 0) is 9.53 Å². The van der Waals surface area contributed by atoms with Gasteiger partial charge in [0.15, 0.2) is 0 Å². The molecule has 1 aliphatic rings. The minimum absolute atomic E-state index is 0.111. The number of hydrogen-bond acceptors (Lipinski definition) is 3. The van der Waals surface area contributed by atoms with Gasteiger partial charge in [0.25, 0.3) is 0 Å². The third-order valence-electron chi connectivity index (χ3n) is 3.10. The summed E-state index contributed by atoms with van der Waals surface area (Å²) < 4.78 is 5.69. The molecule has 0 aromatic heterocycles. The Morgan fingerprint density at radius 1 is 1.47 bits per heavy atom. The number of rotatable bonds is 7. The van der Waals surface area contributed by atoms with E-state index in [1.54, 1.807) is 0 Å². The summed E-state index contributed by atoms with van der Waals surface area (Å²) in [4.78, 5) is 11.6. The topological polar surface area (TPSA) is 50.4 Å². The highest BCUT2D eigenvalue weighted by Crippen LogP contribution is 2.07. The van der Waals surface area contributed by atoms with Crippen molar-refractivity contribution in [3.05, 3.63) is 0 Å². The zero-order chi connectivity index (χ0) is 12.5. The van der Waals surface area contributed by atoms with Gasteiger partial charge in [-0.3, -0.25) is 4.79 Å². The number of amides is 1. The minimum Gasteiger partial charge on any atom is -0.378 e. The van der Waals surface area contributed by atoms with Gasteiger partial charge in [-0.15, -0.1) is 0 Å². The average molecular weight is 242 g/mol. The van der Waals surface area contributed by atoms with E-state index in [1.165, 1.54) is 0 Å². The molecule has 1 amide bonds. The van der Waals surface area contributed by atoms with Gasteiger partial charge in [-0.1, -0.05) is 13.3 Å². The molecule has 0 spiro atoms. The second-order valence-corrected chi connectivity index (χ2v) is 4.83. The molecule has 0 saturated carbocycles. The molecule has 1 rings (SSSR count). The highest BCUT2D eigenvalue weighted by atomic mass is 16.5. The maximum absolute atomic E-state index is 11.6. The molecule has 1 saturated heterocycles. The molecule has 1 unspecified atom stereocenters. The van der Waals surface area contributed by atoms with E-state index in [0.29, 0.717) is 19.1 Å². The van der Waals surface area contributed by atoms with E-state index in [4.69, 9.17) is 4.74 Å². The van der Waals surface area contributed by atoms with Gasteiger partial charge in [-0.2, -0.15) is 0 Å². The first-order valence-corrected chi connectivity index (χ1v) is 6.84. The van der Waals surface area contributed by atoms with E-state index in [2.05, 4.69) is 24.5 Å². The zero-order valence-corrected chi connectivity index (χ0v) is 11.1. The van der Waals surface area contributed by atoms with Crippen LogP contribution >= 0.6 is 0 Å². The Morgan fingerprint density at radius 3 is 2.82 bits per heavy atom. The van der Waals surface area contributed by atoms with Crippen molar-refractivity contribution >= 4 is 5.91 Å². The van der Waals surface area contributed by atoms with Crippen molar-refractivity contribution in [3.8, 4) is 0 Å². The number of carbonyl (C=O) groups excluding carboxylic acids is 1. The fourth-order valence-electron chi connectivity index (χ4n) is 2.13. The number of ether oxygens (including phenoxy) is 1. The SMILES string of the molecule is CCCC(C)NC(=O)CCOC1CCNCC1. The standard InChI is InChI=1S/C13H26N2O2/c1-3-4-11(2)15-13(16)7-10-17-12-5-8-14-9-6-12/h11-12,14H,3-10H2,1-2H3,(H,15,16). The highest BCUT2D eigenvalue weighted by molar-refractivity contribution is 5.76. The molecule has 0 aromatic carbocycles. The third-order valence-corrected chi connectivity index (χ3v) is 3.10. The first-order valence-electron chi connectivity index (χ1n) is 6.84. The maximum Gasteiger partial charge on any atom is 0.222 e. The molecule has 1 aliphatic heterocycles. The number of nitrogens with one attached hydrogen (secondary N) is 2. The van der Waals surface area contributed by atoms with Gasteiger partial charge in [-0.25, -0.2) is 0 Å². The minimum atomic E-state index is 0.111. The third kappa shape index (κ3) is 6.64. The molecule has 1 atom stereocenters. The summed E-state index contributed by atoms with van der Waals surface area (Å²) in [5, 5.41) is 6.28. The molecule has 0 aliphatic carbocycles. The Morgan fingerprint density at radius 2 is 2.18 bits per heavy atom. The first-order chi connectivity index (χ1) is 8.22. The molecular weight excluding hydrogens is 216 g/mol.